The Kier molecular flexibility index (Phi) is 4.89. The van der Waals surface area contributed by atoms with Crippen molar-refractivity contribution >= 4 is 23.5 Å². The molecule has 0 saturated heterocycles. The summed E-state index contributed by atoms with van der Waals surface area (Å²) in [5, 5.41) is 7.31. The molecule has 1 saturated carbocycles. The first-order valence-corrected chi connectivity index (χ1v) is 10.5. The largest absolute Gasteiger partial charge is 0.467 e. The first kappa shape index (κ1) is 19.3. The number of carbonyl (C=O) groups is 3. The van der Waals surface area contributed by atoms with Gasteiger partial charge in [-0.05, 0) is 43.2 Å². The highest BCUT2D eigenvalue weighted by atomic mass is 16.3. The van der Waals surface area contributed by atoms with Gasteiger partial charge in [0.1, 0.15) is 11.6 Å². The third-order valence-electron chi connectivity index (χ3n) is 5.96. The molecule has 1 aliphatic heterocycles. The summed E-state index contributed by atoms with van der Waals surface area (Å²) in [6.45, 7) is 0.0570. The smallest absolute Gasteiger partial charge is 0.261 e. The molecule has 8 nitrogen and oxygen atoms in total. The number of aromatic nitrogens is 2. The molecular weight excluding hydrogens is 396 g/mol. The predicted octanol–water partition coefficient (Wildman–Crippen LogP) is 4.03. The first-order chi connectivity index (χ1) is 15.1. The molecule has 158 valence electrons. The number of anilines is 1. The molecule has 1 aromatic carbocycles. The highest BCUT2D eigenvalue weighted by Gasteiger charge is 2.36. The summed E-state index contributed by atoms with van der Waals surface area (Å²) < 4.78 is 7.13. The SMILES string of the molecule is O=C(Nc1ccnn1C1CCCCC1)c1ccc2c(c1)C(=O)N(Cc1ccco1)C2=O. The molecule has 2 aromatic heterocycles. The molecule has 5 rings (SSSR count). The Morgan fingerprint density at radius 2 is 1.87 bits per heavy atom. The second-order valence-corrected chi connectivity index (χ2v) is 7.94. The van der Waals surface area contributed by atoms with Crippen molar-refractivity contribution < 1.29 is 18.8 Å². The third-order valence-corrected chi connectivity index (χ3v) is 5.96. The number of benzene rings is 1. The van der Waals surface area contributed by atoms with E-state index in [0.717, 1.165) is 30.6 Å². The number of nitrogens with one attached hydrogen (secondary N) is 1. The van der Waals surface area contributed by atoms with Crippen LogP contribution in [0.15, 0.2) is 53.3 Å². The quantitative estimate of drug-likeness (QED) is 0.631. The fourth-order valence-corrected chi connectivity index (χ4v) is 4.35. The van der Waals surface area contributed by atoms with E-state index < -0.39 is 11.8 Å². The molecule has 8 heteroatoms. The van der Waals surface area contributed by atoms with Crippen LogP contribution in [0.25, 0.3) is 0 Å². The third kappa shape index (κ3) is 3.54. The normalized spacial score (nSPS) is 16.6. The molecule has 0 bridgehead atoms. The Bertz CT molecular complexity index is 1140. The van der Waals surface area contributed by atoms with Gasteiger partial charge in [-0.3, -0.25) is 19.3 Å². The van der Waals surface area contributed by atoms with E-state index in [-0.39, 0.29) is 24.1 Å². The lowest BCUT2D eigenvalue weighted by Gasteiger charge is -2.23. The predicted molar refractivity (Wildman–Crippen MR) is 112 cm³/mol. The second kappa shape index (κ2) is 7.86. The molecule has 0 radical (unpaired) electrons. The van der Waals surface area contributed by atoms with Crippen LogP contribution in [0.3, 0.4) is 0 Å². The van der Waals surface area contributed by atoms with Crippen LogP contribution in [-0.2, 0) is 6.54 Å². The second-order valence-electron chi connectivity index (χ2n) is 7.94. The van der Waals surface area contributed by atoms with E-state index in [0.29, 0.717) is 22.7 Å². The summed E-state index contributed by atoms with van der Waals surface area (Å²) in [5.41, 5.74) is 0.835. The zero-order chi connectivity index (χ0) is 21.4. The molecular formula is C23H22N4O4. The van der Waals surface area contributed by atoms with Gasteiger partial charge in [-0.25, -0.2) is 4.68 Å². The van der Waals surface area contributed by atoms with Crippen molar-refractivity contribution in [1.29, 1.82) is 0 Å². The van der Waals surface area contributed by atoms with Gasteiger partial charge < -0.3 is 9.73 Å². The lowest BCUT2D eigenvalue weighted by atomic mass is 9.96. The van der Waals surface area contributed by atoms with Crippen molar-refractivity contribution in [2.24, 2.45) is 0 Å². The lowest BCUT2D eigenvalue weighted by Crippen LogP contribution is -2.28. The molecule has 1 aliphatic carbocycles. The number of nitrogens with zero attached hydrogens (tertiary/aromatic N) is 3. The minimum absolute atomic E-state index is 0.0570. The molecule has 1 fully saturated rings. The van der Waals surface area contributed by atoms with Crippen molar-refractivity contribution in [1.82, 2.24) is 14.7 Å². The Morgan fingerprint density at radius 3 is 2.65 bits per heavy atom. The first-order valence-electron chi connectivity index (χ1n) is 10.5. The molecule has 3 amide bonds. The van der Waals surface area contributed by atoms with Gasteiger partial charge in [0.25, 0.3) is 17.7 Å². The topological polar surface area (TPSA) is 97.4 Å². The molecule has 3 aromatic rings. The minimum Gasteiger partial charge on any atom is -0.467 e. The van der Waals surface area contributed by atoms with E-state index in [2.05, 4.69) is 10.4 Å². The maximum Gasteiger partial charge on any atom is 0.261 e. The van der Waals surface area contributed by atoms with Crippen LogP contribution in [0.4, 0.5) is 5.82 Å². The van der Waals surface area contributed by atoms with Crippen molar-refractivity contribution in [3.8, 4) is 0 Å². The van der Waals surface area contributed by atoms with Crippen LogP contribution in [0.2, 0.25) is 0 Å². The number of carbonyl (C=O) groups excluding carboxylic acids is 3. The zero-order valence-corrected chi connectivity index (χ0v) is 16.9. The standard InChI is InChI=1S/C23H22N4O4/c28-21(25-20-10-11-24-27(20)16-5-2-1-3-6-16)15-8-9-18-19(13-15)23(30)26(22(18)29)14-17-7-4-12-31-17/h4,7-13,16H,1-3,5-6,14H2,(H,25,28). The van der Waals surface area contributed by atoms with Crippen LogP contribution in [0.5, 0.6) is 0 Å². The molecule has 0 atom stereocenters. The monoisotopic (exact) mass is 418 g/mol. The summed E-state index contributed by atoms with van der Waals surface area (Å²) in [6, 6.07) is 10.1. The minimum atomic E-state index is -0.432. The summed E-state index contributed by atoms with van der Waals surface area (Å²) in [4.78, 5) is 39.5. The number of amides is 3. The molecule has 2 aliphatic rings. The summed E-state index contributed by atoms with van der Waals surface area (Å²) in [6.07, 6.45) is 8.83. The van der Waals surface area contributed by atoms with Gasteiger partial charge in [-0.15, -0.1) is 0 Å². The molecule has 0 unspecified atom stereocenters. The van der Waals surface area contributed by atoms with E-state index in [9.17, 15) is 14.4 Å². The highest BCUT2D eigenvalue weighted by Crippen LogP contribution is 2.30. The highest BCUT2D eigenvalue weighted by molar-refractivity contribution is 6.22. The summed E-state index contributed by atoms with van der Waals surface area (Å²) in [7, 11) is 0. The average molecular weight is 418 g/mol. The van der Waals surface area contributed by atoms with Gasteiger partial charge in [0, 0.05) is 11.6 Å². The number of hydrogen-bond donors (Lipinski definition) is 1. The van der Waals surface area contributed by atoms with Crippen molar-refractivity contribution in [2.45, 2.75) is 44.7 Å². The van der Waals surface area contributed by atoms with Gasteiger partial charge in [0.15, 0.2) is 0 Å². The fourth-order valence-electron chi connectivity index (χ4n) is 4.35. The number of imide groups is 1. The van der Waals surface area contributed by atoms with Gasteiger partial charge >= 0.3 is 0 Å². The number of hydrogen-bond acceptors (Lipinski definition) is 5. The van der Waals surface area contributed by atoms with Gasteiger partial charge in [-0.1, -0.05) is 19.3 Å². The van der Waals surface area contributed by atoms with Gasteiger partial charge in [-0.2, -0.15) is 5.10 Å². The van der Waals surface area contributed by atoms with Crippen molar-refractivity contribution in [3.63, 3.8) is 0 Å². The average Bonchev–Trinajstić information content (AvgIpc) is 3.52. The molecule has 31 heavy (non-hydrogen) atoms. The van der Waals surface area contributed by atoms with Gasteiger partial charge in [0.05, 0.1) is 36.2 Å². The van der Waals surface area contributed by atoms with Crippen LogP contribution >= 0.6 is 0 Å². The lowest BCUT2D eigenvalue weighted by molar-refractivity contribution is 0.0631. The Labute approximate surface area is 178 Å². The molecule has 3 heterocycles. The zero-order valence-electron chi connectivity index (χ0n) is 16.9. The van der Waals surface area contributed by atoms with Crippen LogP contribution < -0.4 is 5.32 Å². The van der Waals surface area contributed by atoms with E-state index in [1.165, 1.54) is 24.8 Å². The Hall–Kier alpha value is -3.68. The van der Waals surface area contributed by atoms with E-state index in [1.807, 2.05) is 4.68 Å². The van der Waals surface area contributed by atoms with Gasteiger partial charge in [0.2, 0.25) is 0 Å². The van der Waals surface area contributed by atoms with Crippen molar-refractivity contribution in [3.05, 3.63) is 71.3 Å². The summed E-state index contributed by atoms with van der Waals surface area (Å²) in [5.74, 6) is -0.00943. The Morgan fingerprint density at radius 1 is 1.06 bits per heavy atom. The van der Waals surface area contributed by atoms with Crippen LogP contribution in [-0.4, -0.2) is 32.4 Å². The molecule has 1 N–H and O–H groups in total. The van der Waals surface area contributed by atoms with Crippen molar-refractivity contribution in [2.75, 3.05) is 5.32 Å². The number of furan rings is 1. The van der Waals surface area contributed by atoms with E-state index in [1.54, 1.807) is 30.5 Å². The maximum atomic E-state index is 12.9. The summed E-state index contributed by atoms with van der Waals surface area (Å²) >= 11 is 0. The number of fused-ring (bicyclic) bond motifs is 1. The van der Waals surface area contributed by atoms with Crippen LogP contribution in [0.1, 0.15) is 75.0 Å². The fraction of sp³-hybridized carbons (Fsp3) is 0.304. The maximum absolute atomic E-state index is 12.9. The van der Waals surface area contributed by atoms with Crippen LogP contribution in [0, 0.1) is 0 Å². The van der Waals surface area contributed by atoms with E-state index >= 15 is 0 Å². The molecule has 0 spiro atoms. The van der Waals surface area contributed by atoms with E-state index in [4.69, 9.17) is 4.42 Å². The Balaban J connectivity index is 1.35. The number of rotatable bonds is 5.